The Bertz CT molecular complexity index is 401. The maximum atomic E-state index is 12.2. The molecule has 0 aliphatic carbocycles. The Morgan fingerprint density at radius 1 is 1.33 bits per heavy atom. The number of nitrogens with one attached hydrogen (secondary N) is 1. The molecule has 1 saturated heterocycles. The molecule has 6 nitrogen and oxygen atoms in total. The summed E-state index contributed by atoms with van der Waals surface area (Å²) in [7, 11) is 1.64. The number of nitrogens with zero attached hydrogens (tertiary/aromatic N) is 2. The highest BCUT2D eigenvalue weighted by Gasteiger charge is 2.25. The fraction of sp³-hybridized carbons (Fsp3) is 0.667. The molecule has 118 valence electrons. The van der Waals surface area contributed by atoms with E-state index < -0.39 is 0 Å². The molecule has 0 unspecified atom stereocenters. The van der Waals surface area contributed by atoms with E-state index in [-0.39, 0.29) is 24.3 Å². The van der Waals surface area contributed by atoms with Crippen LogP contribution >= 0.6 is 0 Å². The number of carbonyl (C=O) groups is 3. The molecule has 1 heterocycles. The lowest BCUT2D eigenvalue weighted by atomic mass is 9.93. The second-order valence-corrected chi connectivity index (χ2v) is 5.26. The molecule has 0 bridgehead atoms. The molecule has 3 amide bonds. The van der Waals surface area contributed by atoms with E-state index in [9.17, 15) is 14.4 Å². The molecule has 1 aliphatic rings. The number of amides is 3. The minimum Gasteiger partial charge on any atom is -0.359 e. The number of rotatable bonds is 6. The lowest BCUT2D eigenvalue weighted by Gasteiger charge is -2.33. The van der Waals surface area contributed by atoms with Crippen molar-refractivity contribution in [2.24, 2.45) is 5.92 Å². The van der Waals surface area contributed by atoms with Gasteiger partial charge in [-0.05, 0) is 31.8 Å². The summed E-state index contributed by atoms with van der Waals surface area (Å²) < 4.78 is 0. The Hall–Kier alpha value is -1.85. The van der Waals surface area contributed by atoms with Crippen LogP contribution in [0.3, 0.4) is 0 Å². The van der Waals surface area contributed by atoms with Gasteiger partial charge < -0.3 is 15.1 Å². The normalized spacial score (nSPS) is 15.4. The van der Waals surface area contributed by atoms with Gasteiger partial charge in [-0.1, -0.05) is 6.58 Å². The van der Waals surface area contributed by atoms with Gasteiger partial charge >= 0.3 is 0 Å². The Labute approximate surface area is 126 Å². The highest BCUT2D eigenvalue weighted by Crippen LogP contribution is 2.20. The first-order valence-corrected chi connectivity index (χ1v) is 7.41. The summed E-state index contributed by atoms with van der Waals surface area (Å²) in [4.78, 5) is 38.3. The molecular formula is C15H25N3O3. The first-order valence-electron chi connectivity index (χ1n) is 7.41. The van der Waals surface area contributed by atoms with Crippen molar-refractivity contribution in [3.8, 4) is 0 Å². The summed E-state index contributed by atoms with van der Waals surface area (Å²) >= 11 is 0. The van der Waals surface area contributed by atoms with Crippen LogP contribution in [-0.4, -0.2) is 60.7 Å². The van der Waals surface area contributed by atoms with Crippen molar-refractivity contribution in [2.75, 3.05) is 33.2 Å². The minimum atomic E-state index is -0.222. The summed E-state index contributed by atoms with van der Waals surface area (Å²) in [6.07, 6.45) is 3.42. The standard InChI is InChI=1S/C15H25N3O3/c1-4-14(20)17(5-2)11-15(21)18-8-6-12(7-9-18)10-13(19)16-3/h4,12H,1,5-11H2,2-3H3,(H,16,19). The number of hydrogen-bond donors (Lipinski definition) is 1. The SMILES string of the molecule is C=CC(=O)N(CC)CC(=O)N1CCC(CC(=O)NC)CC1. The van der Waals surface area contributed by atoms with E-state index in [1.54, 1.807) is 11.9 Å². The number of hydrogen-bond acceptors (Lipinski definition) is 3. The molecule has 0 atom stereocenters. The van der Waals surface area contributed by atoms with Crippen molar-refractivity contribution in [2.45, 2.75) is 26.2 Å². The van der Waals surface area contributed by atoms with E-state index in [0.717, 1.165) is 12.8 Å². The molecular weight excluding hydrogens is 270 g/mol. The van der Waals surface area contributed by atoms with Gasteiger partial charge in [-0.15, -0.1) is 0 Å². The average Bonchev–Trinajstić information content (AvgIpc) is 2.52. The van der Waals surface area contributed by atoms with Crippen LogP contribution in [0, 0.1) is 5.92 Å². The van der Waals surface area contributed by atoms with E-state index in [4.69, 9.17) is 0 Å². The molecule has 0 aromatic heterocycles. The quantitative estimate of drug-likeness (QED) is 0.721. The van der Waals surface area contributed by atoms with E-state index in [0.29, 0.717) is 32.0 Å². The van der Waals surface area contributed by atoms with Gasteiger partial charge in [-0.25, -0.2) is 0 Å². The number of likely N-dealkylation sites (N-methyl/N-ethyl adjacent to an activating group) is 1. The zero-order chi connectivity index (χ0) is 15.8. The predicted molar refractivity (Wildman–Crippen MR) is 80.4 cm³/mol. The van der Waals surface area contributed by atoms with Crippen molar-refractivity contribution in [1.29, 1.82) is 0 Å². The summed E-state index contributed by atoms with van der Waals surface area (Å²) in [5.74, 6) is 0.130. The molecule has 0 spiro atoms. The van der Waals surface area contributed by atoms with Crippen LogP contribution in [0.2, 0.25) is 0 Å². The minimum absolute atomic E-state index is 0.0366. The third kappa shape index (κ3) is 5.21. The first-order chi connectivity index (χ1) is 10.0. The van der Waals surface area contributed by atoms with Gasteiger partial charge in [-0.2, -0.15) is 0 Å². The third-order valence-electron chi connectivity index (χ3n) is 3.91. The molecule has 1 N–H and O–H groups in total. The molecule has 0 radical (unpaired) electrons. The molecule has 6 heteroatoms. The second-order valence-electron chi connectivity index (χ2n) is 5.26. The first kappa shape index (κ1) is 17.2. The van der Waals surface area contributed by atoms with Crippen LogP contribution in [0.25, 0.3) is 0 Å². The summed E-state index contributed by atoms with van der Waals surface area (Å²) in [5.41, 5.74) is 0. The highest BCUT2D eigenvalue weighted by atomic mass is 16.2. The van der Waals surface area contributed by atoms with E-state index >= 15 is 0 Å². The monoisotopic (exact) mass is 295 g/mol. The molecule has 1 aliphatic heterocycles. The molecule has 0 saturated carbocycles. The maximum Gasteiger partial charge on any atom is 0.246 e. The summed E-state index contributed by atoms with van der Waals surface area (Å²) in [6.45, 7) is 7.17. The van der Waals surface area contributed by atoms with Gasteiger partial charge in [0.1, 0.15) is 0 Å². The van der Waals surface area contributed by atoms with Gasteiger partial charge in [0.2, 0.25) is 17.7 Å². The highest BCUT2D eigenvalue weighted by molar-refractivity contribution is 5.90. The fourth-order valence-electron chi connectivity index (χ4n) is 2.49. The van der Waals surface area contributed by atoms with E-state index in [2.05, 4.69) is 11.9 Å². The Kier molecular flexibility index (Phi) is 6.91. The van der Waals surface area contributed by atoms with Crippen molar-refractivity contribution in [3.63, 3.8) is 0 Å². The second kappa shape index (κ2) is 8.44. The van der Waals surface area contributed by atoms with Crippen LogP contribution in [-0.2, 0) is 14.4 Å². The number of likely N-dealkylation sites (tertiary alicyclic amines) is 1. The van der Waals surface area contributed by atoms with Gasteiger partial charge in [0, 0.05) is 33.1 Å². The molecule has 0 aromatic rings. The van der Waals surface area contributed by atoms with E-state index in [1.807, 2.05) is 6.92 Å². The molecule has 1 rings (SSSR count). The predicted octanol–water partition coefficient (Wildman–Crippen LogP) is 0.396. The Balaban J connectivity index is 2.42. The number of carbonyl (C=O) groups excluding carboxylic acids is 3. The lowest BCUT2D eigenvalue weighted by Crippen LogP contribution is -2.45. The Morgan fingerprint density at radius 3 is 2.43 bits per heavy atom. The largest absolute Gasteiger partial charge is 0.359 e. The van der Waals surface area contributed by atoms with Crippen LogP contribution in [0.4, 0.5) is 0 Å². The maximum absolute atomic E-state index is 12.2. The van der Waals surface area contributed by atoms with Crippen LogP contribution in [0.5, 0.6) is 0 Å². The zero-order valence-electron chi connectivity index (χ0n) is 12.9. The van der Waals surface area contributed by atoms with E-state index in [1.165, 1.54) is 11.0 Å². The van der Waals surface area contributed by atoms with Crippen LogP contribution < -0.4 is 5.32 Å². The van der Waals surface area contributed by atoms with Crippen molar-refractivity contribution < 1.29 is 14.4 Å². The zero-order valence-corrected chi connectivity index (χ0v) is 12.9. The molecule has 1 fully saturated rings. The molecule has 21 heavy (non-hydrogen) atoms. The lowest BCUT2D eigenvalue weighted by molar-refractivity contribution is -0.139. The van der Waals surface area contributed by atoms with Crippen LogP contribution in [0.15, 0.2) is 12.7 Å². The van der Waals surface area contributed by atoms with Crippen molar-refractivity contribution in [3.05, 3.63) is 12.7 Å². The molecule has 0 aromatic carbocycles. The topological polar surface area (TPSA) is 69.7 Å². The Morgan fingerprint density at radius 2 is 1.95 bits per heavy atom. The number of piperidine rings is 1. The average molecular weight is 295 g/mol. The third-order valence-corrected chi connectivity index (χ3v) is 3.91. The van der Waals surface area contributed by atoms with Crippen molar-refractivity contribution in [1.82, 2.24) is 15.1 Å². The van der Waals surface area contributed by atoms with Gasteiger partial charge in [0.25, 0.3) is 0 Å². The smallest absolute Gasteiger partial charge is 0.246 e. The van der Waals surface area contributed by atoms with Crippen molar-refractivity contribution >= 4 is 17.7 Å². The summed E-state index contributed by atoms with van der Waals surface area (Å²) in [6, 6.07) is 0. The van der Waals surface area contributed by atoms with Crippen LogP contribution in [0.1, 0.15) is 26.2 Å². The summed E-state index contributed by atoms with van der Waals surface area (Å²) in [5, 5.41) is 2.63. The fourth-order valence-corrected chi connectivity index (χ4v) is 2.49. The van der Waals surface area contributed by atoms with Gasteiger partial charge in [0.05, 0.1) is 6.54 Å². The van der Waals surface area contributed by atoms with Gasteiger partial charge in [0.15, 0.2) is 0 Å². The van der Waals surface area contributed by atoms with Gasteiger partial charge in [-0.3, -0.25) is 14.4 Å².